The van der Waals surface area contributed by atoms with Gasteiger partial charge >= 0.3 is 0 Å². The number of hydrogen-bond acceptors (Lipinski definition) is 3. The maximum absolute atomic E-state index is 12.1. The van der Waals surface area contributed by atoms with E-state index in [1.54, 1.807) is 10.7 Å². The summed E-state index contributed by atoms with van der Waals surface area (Å²) in [6.07, 6.45) is 1.92. The van der Waals surface area contributed by atoms with Crippen LogP contribution in [0.25, 0.3) is 11.3 Å². The number of benzene rings is 1. The van der Waals surface area contributed by atoms with Crippen molar-refractivity contribution < 1.29 is 0 Å². The van der Waals surface area contributed by atoms with Gasteiger partial charge in [0.15, 0.2) is 0 Å². The molecule has 21 heavy (non-hydrogen) atoms. The first kappa shape index (κ1) is 14.0. The summed E-state index contributed by atoms with van der Waals surface area (Å²) >= 11 is 0. The van der Waals surface area contributed by atoms with E-state index in [1.807, 2.05) is 6.07 Å². The summed E-state index contributed by atoms with van der Waals surface area (Å²) < 4.78 is 1.68. The molecule has 110 valence electrons. The number of nitrogens with one attached hydrogen (secondary N) is 1. The molecule has 4 nitrogen and oxygen atoms in total. The van der Waals surface area contributed by atoms with Gasteiger partial charge in [-0.05, 0) is 57.5 Å². The lowest BCUT2D eigenvalue weighted by molar-refractivity contribution is 0.332. The van der Waals surface area contributed by atoms with E-state index in [9.17, 15) is 4.79 Å². The SMILES string of the molecule is Cc1ccc(C)c(-c2ccc(=O)n(C3CCNCC3)n2)c1. The number of piperidine rings is 1. The Hall–Kier alpha value is -1.94. The van der Waals surface area contributed by atoms with Crippen molar-refractivity contribution in [1.82, 2.24) is 15.1 Å². The van der Waals surface area contributed by atoms with Gasteiger partial charge in [0.05, 0.1) is 11.7 Å². The second-order valence-electron chi connectivity index (χ2n) is 5.80. The van der Waals surface area contributed by atoms with Crippen LogP contribution in [0.5, 0.6) is 0 Å². The second-order valence-corrected chi connectivity index (χ2v) is 5.80. The predicted octanol–water partition coefficient (Wildman–Crippen LogP) is 2.45. The van der Waals surface area contributed by atoms with Crippen molar-refractivity contribution in [2.24, 2.45) is 0 Å². The van der Waals surface area contributed by atoms with Crippen LogP contribution in [0.15, 0.2) is 35.1 Å². The van der Waals surface area contributed by atoms with E-state index < -0.39 is 0 Å². The monoisotopic (exact) mass is 283 g/mol. The van der Waals surface area contributed by atoms with Gasteiger partial charge in [0.25, 0.3) is 5.56 Å². The summed E-state index contributed by atoms with van der Waals surface area (Å²) in [7, 11) is 0. The predicted molar refractivity (Wildman–Crippen MR) is 84.5 cm³/mol. The highest BCUT2D eigenvalue weighted by atomic mass is 16.1. The van der Waals surface area contributed by atoms with Gasteiger partial charge in [0.2, 0.25) is 0 Å². The molecule has 1 fully saturated rings. The number of nitrogens with zero attached hydrogens (tertiary/aromatic N) is 2. The van der Waals surface area contributed by atoms with Crippen LogP contribution in [0.4, 0.5) is 0 Å². The van der Waals surface area contributed by atoms with Gasteiger partial charge in [0.1, 0.15) is 0 Å². The fraction of sp³-hybridized carbons (Fsp3) is 0.412. The zero-order valence-corrected chi connectivity index (χ0v) is 12.6. The first-order chi connectivity index (χ1) is 10.1. The molecule has 3 rings (SSSR count). The summed E-state index contributed by atoms with van der Waals surface area (Å²) in [6.45, 7) is 6.06. The molecule has 4 heteroatoms. The van der Waals surface area contributed by atoms with E-state index in [-0.39, 0.29) is 11.6 Å². The molecule has 0 atom stereocenters. The third-order valence-electron chi connectivity index (χ3n) is 4.15. The van der Waals surface area contributed by atoms with Crippen LogP contribution >= 0.6 is 0 Å². The Morgan fingerprint density at radius 3 is 2.67 bits per heavy atom. The van der Waals surface area contributed by atoms with Gasteiger partial charge in [-0.25, -0.2) is 4.68 Å². The largest absolute Gasteiger partial charge is 0.317 e. The van der Waals surface area contributed by atoms with E-state index in [0.29, 0.717) is 0 Å². The fourth-order valence-electron chi connectivity index (χ4n) is 2.89. The summed E-state index contributed by atoms with van der Waals surface area (Å²) in [6, 6.07) is 10.0. The number of aromatic nitrogens is 2. The third-order valence-corrected chi connectivity index (χ3v) is 4.15. The molecule has 0 bridgehead atoms. The van der Waals surface area contributed by atoms with Crippen LogP contribution in [0.1, 0.15) is 30.0 Å². The molecule has 0 aliphatic carbocycles. The molecule has 1 N–H and O–H groups in total. The molecular formula is C17H21N3O. The maximum atomic E-state index is 12.1. The van der Waals surface area contributed by atoms with Crippen LogP contribution < -0.4 is 10.9 Å². The Balaban J connectivity index is 2.04. The van der Waals surface area contributed by atoms with Crippen LogP contribution in [-0.2, 0) is 0 Å². The molecule has 2 heterocycles. The van der Waals surface area contributed by atoms with Gasteiger partial charge in [0, 0.05) is 11.6 Å². The summed E-state index contributed by atoms with van der Waals surface area (Å²) in [4.78, 5) is 12.1. The molecule has 1 aliphatic rings. The normalized spacial score (nSPS) is 16.1. The molecule has 0 radical (unpaired) electrons. The number of hydrogen-bond donors (Lipinski definition) is 1. The van der Waals surface area contributed by atoms with E-state index in [0.717, 1.165) is 37.2 Å². The minimum absolute atomic E-state index is 0.00374. The zero-order chi connectivity index (χ0) is 14.8. The number of aryl methyl sites for hydroxylation is 2. The minimum Gasteiger partial charge on any atom is -0.317 e. The average Bonchev–Trinajstić information content (AvgIpc) is 2.51. The van der Waals surface area contributed by atoms with Crippen LogP contribution in [0.3, 0.4) is 0 Å². The highest BCUT2D eigenvalue weighted by molar-refractivity contribution is 5.63. The topological polar surface area (TPSA) is 46.9 Å². The molecule has 1 aromatic heterocycles. The highest BCUT2D eigenvalue weighted by Crippen LogP contribution is 2.23. The van der Waals surface area contributed by atoms with Crippen molar-refractivity contribution in [3.63, 3.8) is 0 Å². The summed E-state index contributed by atoms with van der Waals surface area (Å²) in [5, 5.41) is 7.97. The van der Waals surface area contributed by atoms with Gasteiger partial charge in [-0.15, -0.1) is 0 Å². The van der Waals surface area contributed by atoms with Crippen molar-refractivity contribution >= 4 is 0 Å². The average molecular weight is 283 g/mol. The first-order valence-corrected chi connectivity index (χ1v) is 7.53. The summed E-state index contributed by atoms with van der Waals surface area (Å²) in [5.74, 6) is 0. The molecule has 0 spiro atoms. The lowest BCUT2D eigenvalue weighted by atomic mass is 10.0. The molecule has 1 aromatic carbocycles. The number of rotatable bonds is 2. The first-order valence-electron chi connectivity index (χ1n) is 7.53. The Kier molecular flexibility index (Phi) is 3.88. The molecule has 0 unspecified atom stereocenters. The van der Waals surface area contributed by atoms with Crippen molar-refractivity contribution in [2.45, 2.75) is 32.7 Å². The molecule has 2 aromatic rings. The van der Waals surface area contributed by atoms with Crippen LogP contribution in [0, 0.1) is 13.8 Å². The van der Waals surface area contributed by atoms with Gasteiger partial charge in [-0.3, -0.25) is 4.79 Å². The van der Waals surface area contributed by atoms with E-state index in [2.05, 4.69) is 42.5 Å². The Morgan fingerprint density at radius 1 is 1.14 bits per heavy atom. The minimum atomic E-state index is -0.00374. The molecule has 0 saturated carbocycles. The highest BCUT2D eigenvalue weighted by Gasteiger charge is 2.17. The van der Waals surface area contributed by atoms with Crippen molar-refractivity contribution in [2.75, 3.05) is 13.1 Å². The van der Waals surface area contributed by atoms with E-state index in [1.165, 1.54) is 11.1 Å². The zero-order valence-electron chi connectivity index (χ0n) is 12.6. The van der Waals surface area contributed by atoms with Crippen LogP contribution in [-0.4, -0.2) is 22.9 Å². The Bertz CT molecular complexity index is 699. The van der Waals surface area contributed by atoms with Gasteiger partial charge < -0.3 is 5.32 Å². The van der Waals surface area contributed by atoms with Crippen molar-refractivity contribution in [3.8, 4) is 11.3 Å². The molecule has 1 saturated heterocycles. The molecule has 0 amide bonds. The molecular weight excluding hydrogens is 262 g/mol. The third kappa shape index (κ3) is 2.90. The molecule has 1 aliphatic heterocycles. The summed E-state index contributed by atoms with van der Waals surface area (Å²) in [5.41, 5.74) is 4.38. The van der Waals surface area contributed by atoms with Crippen molar-refractivity contribution in [1.29, 1.82) is 0 Å². The quantitative estimate of drug-likeness (QED) is 0.921. The van der Waals surface area contributed by atoms with E-state index >= 15 is 0 Å². The van der Waals surface area contributed by atoms with Gasteiger partial charge in [-0.2, -0.15) is 5.10 Å². The second kappa shape index (κ2) is 5.82. The van der Waals surface area contributed by atoms with E-state index in [4.69, 9.17) is 0 Å². The van der Waals surface area contributed by atoms with Crippen molar-refractivity contribution in [3.05, 3.63) is 51.8 Å². The fourth-order valence-corrected chi connectivity index (χ4v) is 2.89. The maximum Gasteiger partial charge on any atom is 0.267 e. The van der Waals surface area contributed by atoms with Crippen LogP contribution in [0.2, 0.25) is 0 Å². The Morgan fingerprint density at radius 2 is 1.90 bits per heavy atom. The standard InChI is InChI=1S/C17H21N3O/c1-12-3-4-13(2)15(11-12)16-5-6-17(21)20(19-16)14-7-9-18-10-8-14/h3-6,11,14,18H,7-10H2,1-2H3. The lowest BCUT2D eigenvalue weighted by Gasteiger charge is -2.24. The van der Waals surface area contributed by atoms with Gasteiger partial charge in [-0.1, -0.05) is 17.7 Å². The smallest absolute Gasteiger partial charge is 0.267 e. The lowest BCUT2D eigenvalue weighted by Crippen LogP contribution is -2.35. The Labute approximate surface area is 124 Å².